The molecular weight excluding hydrogens is 1180 g/mol. The number of sulfonamides is 1. The van der Waals surface area contributed by atoms with Gasteiger partial charge < -0.3 is 4.74 Å². The van der Waals surface area contributed by atoms with Gasteiger partial charge in [0, 0.05) is 51.2 Å². The van der Waals surface area contributed by atoms with Crippen molar-refractivity contribution in [3.8, 4) is 17.1 Å². The number of hydrogen-bond donors (Lipinski definition) is 0. The smallest absolute Gasteiger partial charge is 0.282 e. The molecule has 2 saturated carbocycles. The second kappa shape index (κ2) is 23.2. The standard InChI is InChI=1S/C35H33F2N7O4S.C27H24F2N6O3S/c1-22-14-30(48-3)11-4-23(22)20-43(49(46,47)34-39-21-42(2)41-34)29-8-5-25-15-32-24(19-40-44(32)28-9-6-26(36)7-10-28)17-35(25,18-29)33(45)31-16-27(37)12-13-38-31;1-34-16-31-26(33-34)39(37,38)15-17-2-3-19-10-24-18(14-32-35(24)22-6-4-20(28)5-7-22)13-27(19,12-17)25(36)23-11-21(29)8-9-30-23/h4,6-7,9-16,19,21,29H,5,8,17-18,20H2,1-3H3;4-11,14,16-17H,2-3,12-13,15H2,1H3/t29-,35-;17-,27+/m00/s1. The van der Waals surface area contributed by atoms with Gasteiger partial charge in [-0.1, -0.05) is 17.2 Å². The van der Waals surface area contributed by atoms with Crippen LogP contribution in [0.4, 0.5) is 17.6 Å². The highest BCUT2D eigenvalue weighted by molar-refractivity contribution is 7.91. The molecule has 3 aromatic carbocycles. The Labute approximate surface area is 503 Å². The van der Waals surface area contributed by atoms with Crippen LogP contribution in [0.1, 0.15) is 93.1 Å². The number of Topliss-reactive ketones (excluding diaryl/α,β-unsaturated/α-hetero) is 2. The van der Waals surface area contributed by atoms with Crippen LogP contribution in [0.25, 0.3) is 23.5 Å². The zero-order chi connectivity index (χ0) is 61.9. The molecule has 2 fully saturated rings. The predicted molar refractivity (Wildman–Crippen MR) is 312 cm³/mol. The molecule has 6 heterocycles. The van der Waals surface area contributed by atoms with E-state index in [0.29, 0.717) is 42.8 Å². The molecule has 0 bridgehead atoms. The maximum Gasteiger partial charge on any atom is 0.282 e. The second-order valence-electron chi connectivity index (χ2n) is 22.7. The van der Waals surface area contributed by atoms with Crippen molar-refractivity contribution in [2.75, 3.05) is 12.9 Å². The molecule has 452 valence electrons. The zero-order valence-electron chi connectivity index (χ0n) is 48.0. The molecule has 0 N–H and O–H groups in total. The molecule has 0 spiro atoms. The summed E-state index contributed by atoms with van der Waals surface area (Å²) >= 11 is 0. The summed E-state index contributed by atoms with van der Waals surface area (Å²) in [7, 11) is -3.31. The van der Waals surface area contributed by atoms with Gasteiger partial charge in [0.05, 0.1) is 58.8 Å². The monoisotopic (exact) mass is 1240 g/mol. The summed E-state index contributed by atoms with van der Waals surface area (Å²) in [4.78, 5) is 45.2. The number of nitrogens with zero attached hydrogens (tertiary/aromatic N) is 13. The molecule has 0 aliphatic heterocycles. The number of ketones is 2. The quantitative estimate of drug-likeness (QED) is 0.0687. The van der Waals surface area contributed by atoms with Gasteiger partial charge in [-0.15, -0.1) is 10.2 Å². The third-order valence-electron chi connectivity index (χ3n) is 17.0. The van der Waals surface area contributed by atoms with Gasteiger partial charge in [0.15, 0.2) is 11.6 Å². The zero-order valence-corrected chi connectivity index (χ0v) is 49.6. The average molecular weight is 1240 g/mol. The van der Waals surface area contributed by atoms with Crippen molar-refractivity contribution in [1.29, 1.82) is 0 Å². The van der Waals surface area contributed by atoms with Crippen molar-refractivity contribution in [3.05, 3.63) is 208 Å². The fourth-order valence-electron chi connectivity index (χ4n) is 12.7. The van der Waals surface area contributed by atoms with E-state index in [1.807, 2.05) is 31.2 Å². The Morgan fingerprint density at radius 3 is 1.64 bits per heavy atom. The Morgan fingerprint density at radius 1 is 0.636 bits per heavy atom. The minimum absolute atomic E-state index is 0.00361. The summed E-state index contributed by atoms with van der Waals surface area (Å²) in [5.74, 6) is -2.61. The van der Waals surface area contributed by atoms with Gasteiger partial charge in [-0.2, -0.15) is 14.5 Å². The van der Waals surface area contributed by atoms with Gasteiger partial charge in [0.1, 0.15) is 53.1 Å². The Morgan fingerprint density at radius 2 is 1.15 bits per heavy atom. The van der Waals surface area contributed by atoms with E-state index in [1.165, 1.54) is 75.1 Å². The third kappa shape index (κ3) is 11.2. The molecule has 13 rings (SSSR count). The first-order valence-electron chi connectivity index (χ1n) is 28.1. The second-order valence-corrected chi connectivity index (χ2v) is 26.4. The lowest BCUT2D eigenvalue weighted by Gasteiger charge is -2.46. The Balaban J connectivity index is 0.000000176. The molecule has 0 saturated heterocycles. The van der Waals surface area contributed by atoms with Crippen LogP contribution in [-0.2, 0) is 53.3 Å². The number of sulfone groups is 1. The van der Waals surface area contributed by atoms with E-state index in [1.54, 1.807) is 73.3 Å². The van der Waals surface area contributed by atoms with Crippen molar-refractivity contribution in [2.45, 2.75) is 81.2 Å². The number of rotatable bonds is 15. The molecule has 4 atom stereocenters. The van der Waals surface area contributed by atoms with E-state index in [4.69, 9.17) is 4.74 Å². The maximum atomic E-state index is 14.7. The topological polar surface area (TPSA) is 238 Å². The van der Waals surface area contributed by atoms with Gasteiger partial charge in [-0.05, 0) is 171 Å². The fourth-order valence-corrected chi connectivity index (χ4v) is 15.8. The van der Waals surface area contributed by atoms with E-state index < -0.39 is 54.2 Å². The highest BCUT2D eigenvalue weighted by Gasteiger charge is 2.53. The summed E-state index contributed by atoms with van der Waals surface area (Å²) in [5, 5.41) is 16.6. The molecule has 0 amide bonds. The first-order valence-corrected chi connectivity index (χ1v) is 31.2. The highest BCUT2D eigenvalue weighted by atomic mass is 32.2. The van der Waals surface area contributed by atoms with Crippen molar-refractivity contribution in [3.63, 3.8) is 0 Å². The summed E-state index contributed by atoms with van der Waals surface area (Å²) < 4.78 is 124. The van der Waals surface area contributed by atoms with Crippen LogP contribution in [0, 0.1) is 46.9 Å². The van der Waals surface area contributed by atoms with E-state index in [9.17, 15) is 44.0 Å². The van der Waals surface area contributed by atoms with Crippen LogP contribution in [0.3, 0.4) is 0 Å². The van der Waals surface area contributed by atoms with Crippen LogP contribution >= 0.6 is 0 Å². The molecule has 6 aromatic heterocycles. The van der Waals surface area contributed by atoms with E-state index in [-0.39, 0.29) is 83.0 Å². The van der Waals surface area contributed by atoms with Crippen molar-refractivity contribution >= 4 is 43.6 Å². The van der Waals surface area contributed by atoms with Gasteiger partial charge in [-0.3, -0.25) is 28.9 Å². The van der Waals surface area contributed by atoms with E-state index >= 15 is 0 Å². The number of benzene rings is 3. The number of hydrogen-bond acceptors (Lipinski definition) is 15. The number of pyridine rings is 2. The average Bonchev–Trinajstić information content (AvgIpc) is 1.26. The summed E-state index contributed by atoms with van der Waals surface area (Å²) in [5.41, 5.74) is 5.10. The van der Waals surface area contributed by atoms with Crippen LogP contribution in [0.15, 0.2) is 150 Å². The molecule has 0 unspecified atom stereocenters. The lowest BCUT2D eigenvalue weighted by atomic mass is 9.59. The number of carbonyl (C=O) groups excluding carboxylic acids is 2. The fraction of sp³-hybridized carbons (Fsp3) is 0.290. The summed E-state index contributed by atoms with van der Waals surface area (Å²) in [6.45, 7) is 1.88. The van der Waals surface area contributed by atoms with Crippen LogP contribution < -0.4 is 4.74 Å². The largest absolute Gasteiger partial charge is 0.497 e. The molecule has 9 aromatic rings. The van der Waals surface area contributed by atoms with Crippen molar-refractivity contribution < 1.29 is 48.7 Å². The highest BCUT2D eigenvalue weighted by Crippen LogP contribution is 2.54. The molecule has 0 radical (unpaired) electrons. The number of aromatic nitrogens is 12. The lowest BCUT2D eigenvalue weighted by molar-refractivity contribution is 0.0732. The SMILES string of the molecule is COc1ccc(CN([C@H]2CCC3=Cc4c(cnn4-c4ccc(F)cc4)C[C@]3(C(=O)c3cc(F)ccn3)C2)S(=O)(=O)c2ncn(C)n2)c(C)c1.Cn1cnc(S(=O)(=O)C[C@H]2CCC3=Cc4c(cnn4-c4ccc(F)cc4)C[C@]3(C(=O)c3cc(F)ccn3)C2)n1. The van der Waals surface area contributed by atoms with E-state index in [0.717, 1.165) is 56.9 Å². The molecule has 26 heteroatoms. The number of aryl methyl sites for hydroxylation is 3. The minimum atomic E-state index is -4.26. The van der Waals surface area contributed by atoms with Gasteiger partial charge in [-0.25, -0.2) is 53.7 Å². The lowest BCUT2D eigenvalue weighted by Crippen LogP contribution is -2.50. The maximum absolute atomic E-state index is 14.7. The summed E-state index contributed by atoms with van der Waals surface area (Å²) in [6, 6.07) is 21.2. The molecular formula is C62H57F4N13O7S2. The molecule has 4 aliphatic rings. The van der Waals surface area contributed by atoms with Crippen LogP contribution in [0.2, 0.25) is 0 Å². The number of methoxy groups -OCH3 is 1. The Hall–Kier alpha value is -9.14. The van der Waals surface area contributed by atoms with Crippen LogP contribution in [0.5, 0.6) is 5.75 Å². The number of halogens is 4. The number of fused-ring (bicyclic) bond motifs is 4. The van der Waals surface area contributed by atoms with Crippen molar-refractivity contribution in [2.24, 2.45) is 30.8 Å². The molecule has 88 heavy (non-hydrogen) atoms. The predicted octanol–water partition coefficient (Wildman–Crippen LogP) is 9.00. The normalized spacial score (nSPS) is 19.7. The first kappa shape index (κ1) is 59.2. The number of ether oxygens (including phenoxy) is 1. The summed E-state index contributed by atoms with van der Waals surface area (Å²) in [6.07, 6.45) is 14.8. The molecule has 4 aliphatic carbocycles. The Bertz CT molecular complexity index is 4510. The number of carbonyl (C=O) groups is 2. The van der Waals surface area contributed by atoms with Crippen LogP contribution in [-0.4, -0.2) is 111 Å². The first-order chi connectivity index (χ1) is 42.1. The number of allylic oxidation sites excluding steroid dienone is 2. The van der Waals surface area contributed by atoms with Gasteiger partial charge in [0.25, 0.3) is 20.3 Å². The third-order valence-corrected chi connectivity index (χ3v) is 20.4. The minimum Gasteiger partial charge on any atom is -0.497 e. The van der Waals surface area contributed by atoms with Gasteiger partial charge >= 0.3 is 0 Å². The van der Waals surface area contributed by atoms with Crippen molar-refractivity contribution in [1.82, 2.24) is 63.4 Å². The Kier molecular flexibility index (Phi) is 15.6. The van der Waals surface area contributed by atoms with E-state index in [2.05, 4.69) is 40.3 Å². The molecule has 20 nitrogen and oxygen atoms in total. The van der Waals surface area contributed by atoms with Gasteiger partial charge in [0.2, 0.25) is 9.84 Å².